The molecule has 6 atom stereocenters. The first-order chi connectivity index (χ1) is 20.2. The van der Waals surface area contributed by atoms with E-state index in [2.05, 4.69) is 0 Å². The highest BCUT2D eigenvalue weighted by Crippen LogP contribution is 2.65. The van der Waals surface area contributed by atoms with Crippen molar-refractivity contribution >= 4 is 46.4 Å². The van der Waals surface area contributed by atoms with Crippen LogP contribution in [0.15, 0.2) is 91.0 Å². The third-order valence-electron chi connectivity index (χ3n) is 9.07. The van der Waals surface area contributed by atoms with E-state index in [4.69, 9.17) is 0 Å². The molecule has 3 aromatic rings. The number of allylic oxidation sites excluding steroid dienone is 2. The summed E-state index contributed by atoms with van der Waals surface area (Å²) in [5.41, 5.74) is -0.797. The van der Waals surface area contributed by atoms with Crippen LogP contribution in [-0.2, 0) is 24.6 Å². The van der Waals surface area contributed by atoms with Crippen molar-refractivity contribution in [2.24, 2.45) is 29.6 Å². The fourth-order valence-electron chi connectivity index (χ4n) is 7.43. The molecule has 2 aliphatic heterocycles. The molecule has 0 N–H and O–H groups in total. The smallest absolute Gasteiger partial charge is 0.269 e. The Balaban J connectivity index is 1.37. The molecular formula is C30H20N4O8. The van der Waals surface area contributed by atoms with E-state index in [1.54, 1.807) is 42.5 Å². The molecule has 5 aliphatic rings. The highest BCUT2D eigenvalue weighted by atomic mass is 16.6. The Morgan fingerprint density at radius 2 is 1.02 bits per heavy atom. The van der Waals surface area contributed by atoms with Crippen molar-refractivity contribution in [1.29, 1.82) is 0 Å². The summed E-state index contributed by atoms with van der Waals surface area (Å²) >= 11 is 0. The Labute approximate surface area is 237 Å². The summed E-state index contributed by atoms with van der Waals surface area (Å²) in [5.74, 6) is -6.86. The number of benzene rings is 3. The molecule has 0 spiro atoms. The maximum Gasteiger partial charge on any atom is 0.269 e. The minimum Gasteiger partial charge on any atom is -0.274 e. The van der Waals surface area contributed by atoms with Gasteiger partial charge in [0.2, 0.25) is 23.6 Å². The maximum absolute atomic E-state index is 14.2. The van der Waals surface area contributed by atoms with Crippen LogP contribution in [0.2, 0.25) is 0 Å². The lowest BCUT2D eigenvalue weighted by molar-refractivity contribution is -0.385. The van der Waals surface area contributed by atoms with Gasteiger partial charge in [-0.2, -0.15) is 0 Å². The summed E-state index contributed by atoms with van der Waals surface area (Å²) in [5, 5.41) is 22.3. The molecule has 208 valence electrons. The van der Waals surface area contributed by atoms with Gasteiger partial charge in [0.05, 0.1) is 44.9 Å². The largest absolute Gasteiger partial charge is 0.274 e. The van der Waals surface area contributed by atoms with Crippen molar-refractivity contribution in [3.63, 3.8) is 0 Å². The molecule has 2 bridgehead atoms. The van der Waals surface area contributed by atoms with Gasteiger partial charge >= 0.3 is 0 Å². The second kappa shape index (κ2) is 8.74. The number of hydrogen-bond acceptors (Lipinski definition) is 8. The molecule has 1 saturated carbocycles. The van der Waals surface area contributed by atoms with Gasteiger partial charge in [-0.15, -0.1) is 0 Å². The standard InChI is InChI=1S/C30H20N4O8/c35-26-22-21-14-15-30(16-4-2-1-3-5-16,24(22)28(37)31(26)17-6-10-19(11-7-17)33(39)40)25-23(21)27(36)32(29(25)38)18-8-12-20(13-9-18)34(41)42/h1-15,21-25H/t21?,22-,23+,24-,25-,30?/m1/s1. The van der Waals surface area contributed by atoms with Gasteiger partial charge in [0.15, 0.2) is 0 Å². The molecule has 2 unspecified atom stereocenters. The fourth-order valence-corrected chi connectivity index (χ4v) is 7.43. The van der Waals surface area contributed by atoms with E-state index in [1.807, 2.05) is 0 Å². The average Bonchev–Trinajstić information content (AvgIpc) is 3.44. The van der Waals surface area contributed by atoms with E-state index in [1.165, 1.54) is 48.5 Å². The highest BCUT2D eigenvalue weighted by molar-refractivity contribution is 6.27. The zero-order chi connectivity index (χ0) is 29.5. The first-order valence-electron chi connectivity index (χ1n) is 13.2. The van der Waals surface area contributed by atoms with Gasteiger partial charge in [-0.1, -0.05) is 42.5 Å². The number of carbonyl (C=O) groups is 4. The van der Waals surface area contributed by atoms with Crippen molar-refractivity contribution in [2.45, 2.75) is 5.41 Å². The van der Waals surface area contributed by atoms with Crippen LogP contribution < -0.4 is 9.80 Å². The molecule has 12 heteroatoms. The summed E-state index contributed by atoms with van der Waals surface area (Å²) < 4.78 is 0. The summed E-state index contributed by atoms with van der Waals surface area (Å²) in [6.07, 6.45) is 3.54. The third-order valence-corrected chi connectivity index (χ3v) is 9.07. The normalized spacial score (nSPS) is 29.2. The highest BCUT2D eigenvalue weighted by Gasteiger charge is 2.75. The molecule has 42 heavy (non-hydrogen) atoms. The minimum atomic E-state index is -1.34. The molecule has 2 saturated heterocycles. The Morgan fingerprint density at radius 1 is 0.595 bits per heavy atom. The molecule has 3 aliphatic carbocycles. The maximum atomic E-state index is 14.2. The first-order valence-corrected chi connectivity index (χ1v) is 13.2. The molecule has 2 heterocycles. The molecular weight excluding hydrogens is 544 g/mol. The minimum absolute atomic E-state index is 0.169. The first kappa shape index (κ1) is 25.4. The van der Waals surface area contributed by atoms with E-state index >= 15 is 0 Å². The Kier molecular flexibility index (Phi) is 5.29. The van der Waals surface area contributed by atoms with E-state index in [-0.39, 0.29) is 22.7 Å². The van der Waals surface area contributed by atoms with Crippen LogP contribution in [0.4, 0.5) is 22.7 Å². The number of amides is 4. The van der Waals surface area contributed by atoms with Gasteiger partial charge in [0, 0.05) is 35.6 Å². The van der Waals surface area contributed by atoms with Gasteiger partial charge < -0.3 is 0 Å². The summed E-state index contributed by atoms with van der Waals surface area (Å²) in [6.45, 7) is 0. The molecule has 12 nitrogen and oxygen atoms in total. The number of carbonyl (C=O) groups excluding carboxylic acids is 4. The van der Waals surface area contributed by atoms with Gasteiger partial charge in [0.1, 0.15) is 0 Å². The monoisotopic (exact) mass is 564 g/mol. The predicted molar refractivity (Wildman–Crippen MR) is 146 cm³/mol. The average molecular weight is 565 g/mol. The van der Waals surface area contributed by atoms with Crippen molar-refractivity contribution < 1.29 is 29.0 Å². The molecule has 0 aromatic heterocycles. The van der Waals surface area contributed by atoms with Crippen LogP contribution in [0, 0.1) is 49.8 Å². The second-order valence-corrected chi connectivity index (χ2v) is 10.8. The van der Waals surface area contributed by atoms with Gasteiger partial charge in [-0.05, 0) is 29.8 Å². The van der Waals surface area contributed by atoms with Crippen LogP contribution >= 0.6 is 0 Å². The van der Waals surface area contributed by atoms with E-state index in [0.717, 1.165) is 9.80 Å². The number of rotatable bonds is 5. The van der Waals surface area contributed by atoms with Crippen LogP contribution in [0.3, 0.4) is 0 Å². The number of anilines is 2. The topological polar surface area (TPSA) is 161 Å². The number of non-ortho nitro benzene ring substituents is 2. The lowest BCUT2D eigenvalue weighted by Crippen LogP contribution is -2.60. The van der Waals surface area contributed by atoms with Gasteiger partial charge in [-0.25, -0.2) is 9.80 Å². The Morgan fingerprint density at radius 3 is 1.43 bits per heavy atom. The summed E-state index contributed by atoms with van der Waals surface area (Å²) in [7, 11) is 0. The summed E-state index contributed by atoms with van der Waals surface area (Å²) in [6, 6.07) is 19.0. The fraction of sp³-hybridized carbons (Fsp3) is 0.200. The Bertz CT molecular complexity index is 1650. The third kappa shape index (κ3) is 3.17. The lowest BCUT2D eigenvalue weighted by atomic mass is 9.45. The van der Waals surface area contributed by atoms with Crippen LogP contribution in [0.25, 0.3) is 0 Å². The SMILES string of the molecule is O=C1[C@@H]2C3C=CC(c4ccccc4)([C@H]2C(=O)N1c1ccc([N+](=O)[O-])cc1)[C@H]1C(=O)N(c2ccc([N+](=O)[O-])cc2)C(=O)[C@@H]31. The van der Waals surface area contributed by atoms with Crippen molar-refractivity contribution in [3.8, 4) is 0 Å². The molecule has 3 fully saturated rings. The Hall–Kier alpha value is -5.52. The number of hydrogen-bond donors (Lipinski definition) is 0. The predicted octanol–water partition coefficient (Wildman–Crippen LogP) is 3.55. The zero-order valence-corrected chi connectivity index (χ0v) is 21.6. The zero-order valence-electron chi connectivity index (χ0n) is 21.6. The summed E-state index contributed by atoms with van der Waals surface area (Å²) in [4.78, 5) is 79.7. The molecule has 0 radical (unpaired) electrons. The molecule has 3 aromatic carbocycles. The molecule has 8 rings (SSSR count). The van der Waals surface area contributed by atoms with Crippen molar-refractivity contribution in [1.82, 2.24) is 0 Å². The van der Waals surface area contributed by atoms with E-state index < -0.39 is 68.5 Å². The number of nitro benzene ring substituents is 2. The van der Waals surface area contributed by atoms with E-state index in [9.17, 15) is 39.4 Å². The lowest BCUT2D eigenvalue weighted by Gasteiger charge is -2.53. The molecule has 4 amide bonds. The van der Waals surface area contributed by atoms with Crippen molar-refractivity contribution in [3.05, 3.63) is 117 Å². The van der Waals surface area contributed by atoms with Crippen LogP contribution in [0.1, 0.15) is 5.56 Å². The van der Waals surface area contributed by atoms with Gasteiger partial charge in [0.25, 0.3) is 11.4 Å². The quantitative estimate of drug-likeness (QED) is 0.197. The van der Waals surface area contributed by atoms with Gasteiger partial charge in [-0.3, -0.25) is 39.4 Å². The number of nitrogens with zero attached hydrogens (tertiary/aromatic N) is 4. The van der Waals surface area contributed by atoms with Crippen LogP contribution in [-0.4, -0.2) is 33.5 Å². The van der Waals surface area contributed by atoms with E-state index in [0.29, 0.717) is 5.56 Å². The number of imide groups is 2. The second-order valence-electron chi connectivity index (χ2n) is 10.8. The number of nitro groups is 2. The van der Waals surface area contributed by atoms with Crippen LogP contribution in [0.5, 0.6) is 0 Å². The van der Waals surface area contributed by atoms with Crippen molar-refractivity contribution in [2.75, 3.05) is 9.80 Å².